The second-order valence-corrected chi connectivity index (χ2v) is 3.76. The molecule has 0 aromatic heterocycles. The van der Waals surface area contributed by atoms with E-state index in [1.54, 1.807) is 11.9 Å². The van der Waals surface area contributed by atoms with Crippen molar-refractivity contribution >= 4 is 11.8 Å². The molecule has 0 bridgehead atoms. The summed E-state index contributed by atoms with van der Waals surface area (Å²) in [4.78, 5) is 23.7. The molecule has 0 rings (SSSR count). The zero-order chi connectivity index (χ0) is 11.8. The van der Waals surface area contributed by atoms with Gasteiger partial charge in [0.25, 0.3) is 0 Å². The summed E-state index contributed by atoms with van der Waals surface area (Å²) in [5.74, 6) is 0.00949. The molecule has 0 heterocycles. The van der Waals surface area contributed by atoms with Crippen LogP contribution in [0, 0.1) is 0 Å². The van der Waals surface area contributed by atoms with Gasteiger partial charge in [-0.05, 0) is 13.8 Å². The Hall–Kier alpha value is -1.10. The molecular formula is C10H21N3O2. The molecule has 15 heavy (non-hydrogen) atoms. The highest BCUT2D eigenvalue weighted by Gasteiger charge is 2.10. The smallest absolute Gasteiger partial charge is 0.236 e. The van der Waals surface area contributed by atoms with E-state index in [1.165, 1.54) is 6.92 Å². The Morgan fingerprint density at radius 2 is 1.87 bits per heavy atom. The summed E-state index contributed by atoms with van der Waals surface area (Å²) >= 11 is 0. The molecule has 0 aromatic rings. The zero-order valence-electron chi connectivity index (χ0n) is 9.96. The van der Waals surface area contributed by atoms with Gasteiger partial charge >= 0.3 is 0 Å². The molecule has 0 aliphatic carbocycles. The van der Waals surface area contributed by atoms with Crippen LogP contribution in [0.5, 0.6) is 0 Å². The molecule has 0 spiro atoms. The molecule has 0 saturated heterocycles. The third kappa shape index (κ3) is 6.90. The molecule has 0 atom stereocenters. The molecule has 2 amide bonds. The predicted octanol–water partition coefficient (Wildman–Crippen LogP) is -0.421. The van der Waals surface area contributed by atoms with Crippen LogP contribution in [-0.4, -0.2) is 49.4 Å². The maximum atomic E-state index is 11.5. The average molecular weight is 215 g/mol. The summed E-state index contributed by atoms with van der Waals surface area (Å²) in [5, 5.41) is 5.62. The van der Waals surface area contributed by atoms with E-state index in [4.69, 9.17) is 0 Å². The van der Waals surface area contributed by atoms with Crippen LogP contribution >= 0.6 is 0 Å². The average Bonchev–Trinajstić information content (AvgIpc) is 2.15. The number of nitrogens with one attached hydrogen (secondary N) is 2. The first-order valence-corrected chi connectivity index (χ1v) is 5.16. The van der Waals surface area contributed by atoms with Crippen molar-refractivity contribution < 1.29 is 9.59 Å². The van der Waals surface area contributed by atoms with E-state index in [2.05, 4.69) is 10.6 Å². The normalized spacial score (nSPS) is 10.2. The van der Waals surface area contributed by atoms with Gasteiger partial charge in [0.05, 0.1) is 6.54 Å². The summed E-state index contributed by atoms with van der Waals surface area (Å²) in [7, 11) is 1.78. The van der Waals surface area contributed by atoms with Crippen molar-refractivity contribution in [1.29, 1.82) is 0 Å². The summed E-state index contributed by atoms with van der Waals surface area (Å²) in [6.07, 6.45) is 0. The van der Waals surface area contributed by atoms with Gasteiger partial charge in [-0.25, -0.2) is 0 Å². The number of rotatable bonds is 6. The monoisotopic (exact) mass is 215 g/mol. The lowest BCUT2D eigenvalue weighted by Gasteiger charge is -2.21. The van der Waals surface area contributed by atoms with Crippen molar-refractivity contribution in [3.8, 4) is 0 Å². The maximum Gasteiger partial charge on any atom is 0.236 e. The van der Waals surface area contributed by atoms with Gasteiger partial charge in [-0.1, -0.05) is 0 Å². The van der Waals surface area contributed by atoms with Crippen LogP contribution in [0.3, 0.4) is 0 Å². The van der Waals surface area contributed by atoms with E-state index < -0.39 is 0 Å². The number of carbonyl (C=O) groups excluding carboxylic acids is 2. The minimum Gasteiger partial charge on any atom is -0.355 e. The lowest BCUT2D eigenvalue weighted by atomic mass is 10.3. The lowest BCUT2D eigenvalue weighted by Crippen LogP contribution is -2.41. The Balaban J connectivity index is 3.51. The van der Waals surface area contributed by atoms with Gasteiger partial charge < -0.3 is 15.5 Å². The number of amides is 2. The van der Waals surface area contributed by atoms with E-state index in [9.17, 15) is 9.59 Å². The van der Waals surface area contributed by atoms with Crippen LogP contribution in [0.2, 0.25) is 0 Å². The van der Waals surface area contributed by atoms with Crippen molar-refractivity contribution in [2.75, 3.05) is 26.7 Å². The van der Waals surface area contributed by atoms with Crippen molar-refractivity contribution in [2.24, 2.45) is 0 Å². The SMILES string of the molecule is CC(=O)NCCNCC(=O)N(C)C(C)C. The first-order chi connectivity index (χ1) is 6.95. The highest BCUT2D eigenvalue weighted by molar-refractivity contribution is 5.78. The van der Waals surface area contributed by atoms with E-state index in [0.717, 1.165) is 0 Å². The first-order valence-electron chi connectivity index (χ1n) is 5.16. The van der Waals surface area contributed by atoms with Gasteiger partial charge in [0.15, 0.2) is 0 Å². The minimum atomic E-state index is -0.0533. The molecule has 0 aliphatic heterocycles. The predicted molar refractivity (Wildman–Crippen MR) is 59.5 cm³/mol. The molecule has 0 fully saturated rings. The zero-order valence-corrected chi connectivity index (χ0v) is 9.96. The van der Waals surface area contributed by atoms with Crippen LogP contribution in [0.4, 0.5) is 0 Å². The topological polar surface area (TPSA) is 61.4 Å². The molecule has 88 valence electrons. The van der Waals surface area contributed by atoms with Crippen LogP contribution in [0.25, 0.3) is 0 Å². The van der Waals surface area contributed by atoms with Crippen molar-refractivity contribution in [1.82, 2.24) is 15.5 Å². The van der Waals surface area contributed by atoms with Gasteiger partial charge in [0.2, 0.25) is 11.8 Å². The molecule has 0 unspecified atom stereocenters. The van der Waals surface area contributed by atoms with Crippen molar-refractivity contribution in [2.45, 2.75) is 26.8 Å². The Morgan fingerprint density at radius 3 is 2.33 bits per heavy atom. The number of likely N-dealkylation sites (N-methyl/N-ethyl adjacent to an activating group) is 1. The number of hydrogen-bond donors (Lipinski definition) is 2. The quantitative estimate of drug-likeness (QED) is 0.592. The fourth-order valence-electron chi connectivity index (χ4n) is 0.935. The highest BCUT2D eigenvalue weighted by Crippen LogP contribution is 1.92. The fraction of sp³-hybridized carbons (Fsp3) is 0.800. The fourth-order valence-corrected chi connectivity index (χ4v) is 0.935. The minimum absolute atomic E-state index is 0.0533. The second-order valence-electron chi connectivity index (χ2n) is 3.76. The van der Waals surface area contributed by atoms with E-state index in [0.29, 0.717) is 19.6 Å². The molecule has 0 saturated carbocycles. The molecule has 2 N–H and O–H groups in total. The molecule has 0 aliphatic rings. The van der Waals surface area contributed by atoms with E-state index >= 15 is 0 Å². The third-order valence-electron chi connectivity index (χ3n) is 2.12. The maximum absolute atomic E-state index is 11.5. The molecular weight excluding hydrogens is 194 g/mol. The van der Waals surface area contributed by atoms with Crippen LogP contribution in [0.1, 0.15) is 20.8 Å². The van der Waals surface area contributed by atoms with Crippen LogP contribution in [-0.2, 0) is 9.59 Å². The molecule has 0 radical (unpaired) electrons. The van der Waals surface area contributed by atoms with Gasteiger partial charge in [-0.3, -0.25) is 9.59 Å². The Kier molecular flexibility index (Phi) is 6.70. The van der Waals surface area contributed by atoms with Gasteiger partial charge in [-0.15, -0.1) is 0 Å². The number of nitrogens with zero attached hydrogens (tertiary/aromatic N) is 1. The summed E-state index contributed by atoms with van der Waals surface area (Å²) < 4.78 is 0. The standard InChI is InChI=1S/C10H21N3O2/c1-8(2)13(4)10(15)7-11-5-6-12-9(3)14/h8,11H,5-7H2,1-4H3,(H,12,14). The Bertz CT molecular complexity index is 217. The number of carbonyl (C=O) groups is 2. The molecule has 0 aromatic carbocycles. The molecule has 5 heteroatoms. The third-order valence-corrected chi connectivity index (χ3v) is 2.12. The highest BCUT2D eigenvalue weighted by atomic mass is 16.2. The Labute approximate surface area is 91.2 Å². The summed E-state index contributed by atoms with van der Waals surface area (Å²) in [6, 6.07) is 0.217. The van der Waals surface area contributed by atoms with Crippen LogP contribution in [0.15, 0.2) is 0 Å². The van der Waals surface area contributed by atoms with E-state index in [1.807, 2.05) is 13.8 Å². The van der Waals surface area contributed by atoms with Crippen molar-refractivity contribution in [3.05, 3.63) is 0 Å². The second kappa shape index (κ2) is 7.23. The summed E-state index contributed by atoms with van der Waals surface area (Å²) in [6.45, 7) is 6.88. The molecule has 5 nitrogen and oxygen atoms in total. The largest absolute Gasteiger partial charge is 0.355 e. The summed E-state index contributed by atoms with van der Waals surface area (Å²) in [5.41, 5.74) is 0. The first kappa shape index (κ1) is 13.9. The number of hydrogen-bond acceptors (Lipinski definition) is 3. The van der Waals surface area contributed by atoms with Gasteiger partial charge in [-0.2, -0.15) is 0 Å². The van der Waals surface area contributed by atoms with Crippen LogP contribution < -0.4 is 10.6 Å². The lowest BCUT2D eigenvalue weighted by molar-refractivity contribution is -0.130. The van der Waals surface area contributed by atoms with E-state index in [-0.39, 0.29) is 17.9 Å². The van der Waals surface area contributed by atoms with Crippen molar-refractivity contribution in [3.63, 3.8) is 0 Å². The van der Waals surface area contributed by atoms with Gasteiger partial charge in [0.1, 0.15) is 0 Å². The van der Waals surface area contributed by atoms with Gasteiger partial charge in [0, 0.05) is 33.1 Å². The Morgan fingerprint density at radius 1 is 1.27 bits per heavy atom.